The first kappa shape index (κ1) is 22.2. The molecule has 0 fully saturated rings. The first-order valence-corrected chi connectivity index (χ1v) is 10.5. The van der Waals surface area contributed by atoms with Crippen LogP contribution in [-0.2, 0) is 17.8 Å². The van der Waals surface area contributed by atoms with Gasteiger partial charge >= 0.3 is 0 Å². The Balaban J connectivity index is 1.53. The number of carbonyl (C=O) groups is 2. The quantitative estimate of drug-likeness (QED) is 0.301. The Kier molecular flexibility index (Phi) is 6.23. The van der Waals surface area contributed by atoms with Crippen molar-refractivity contribution >= 4 is 33.6 Å². The standard InChI is InChI=1S/C24H22N4O5/c1-15(29)21-23(31)27(19-9-5-3-7-17(19)25-21)11-13-33-14-12-28-20-10-6-4-8-18(20)26-22(16(2)30)24(28)32/h3-10H,11-14H2,1-2H3. The Labute approximate surface area is 188 Å². The number of hydrogen-bond donors (Lipinski definition) is 0. The topological polar surface area (TPSA) is 113 Å². The van der Waals surface area contributed by atoms with Gasteiger partial charge in [0, 0.05) is 26.9 Å². The lowest BCUT2D eigenvalue weighted by atomic mass is 10.2. The number of ether oxygens (including phenoxy) is 1. The van der Waals surface area contributed by atoms with E-state index in [-0.39, 0.29) is 37.7 Å². The van der Waals surface area contributed by atoms with Crippen molar-refractivity contribution in [2.75, 3.05) is 13.2 Å². The van der Waals surface area contributed by atoms with Gasteiger partial charge in [-0.05, 0) is 24.3 Å². The number of ketones is 2. The first-order chi connectivity index (χ1) is 15.9. The summed E-state index contributed by atoms with van der Waals surface area (Å²) in [7, 11) is 0. The van der Waals surface area contributed by atoms with Crippen LogP contribution >= 0.6 is 0 Å². The van der Waals surface area contributed by atoms with E-state index in [0.29, 0.717) is 22.1 Å². The van der Waals surface area contributed by atoms with Crippen LogP contribution in [0.3, 0.4) is 0 Å². The number of carbonyl (C=O) groups excluding carboxylic acids is 2. The number of nitrogens with zero attached hydrogens (tertiary/aromatic N) is 4. The fourth-order valence-electron chi connectivity index (χ4n) is 3.70. The Morgan fingerprint density at radius 3 is 1.52 bits per heavy atom. The summed E-state index contributed by atoms with van der Waals surface area (Å²) >= 11 is 0. The molecule has 0 unspecified atom stereocenters. The highest BCUT2D eigenvalue weighted by atomic mass is 16.5. The number of hydrogen-bond acceptors (Lipinski definition) is 7. The van der Waals surface area contributed by atoms with Gasteiger partial charge < -0.3 is 13.9 Å². The molecule has 2 aromatic heterocycles. The van der Waals surface area contributed by atoms with E-state index in [0.717, 1.165) is 0 Å². The average Bonchev–Trinajstić information content (AvgIpc) is 2.80. The molecule has 2 aromatic carbocycles. The molecule has 0 saturated carbocycles. The maximum absolute atomic E-state index is 12.7. The van der Waals surface area contributed by atoms with Crippen molar-refractivity contribution in [3.8, 4) is 0 Å². The Hall–Kier alpha value is -3.98. The third kappa shape index (κ3) is 4.35. The van der Waals surface area contributed by atoms with Gasteiger partial charge in [-0.2, -0.15) is 0 Å². The number of aromatic nitrogens is 4. The van der Waals surface area contributed by atoms with E-state index in [2.05, 4.69) is 9.97 Å². The third-order valence-electron chi connectivity index (χ3n) is 5.29. The molecule has 0 amide bonds. The molecular weight excluding hydrogens is 424 g/mol. The van der Waals surface area contributed by atoms with E-state index in [1.165, 1.54) is 23.0 Å². The Morgan fingerprint density at radius 2 is 1.12 bits per heavy atom. The highest BCUT2D eigenvalue weighted by Gasteiger charge is 2.15. The Bertz CT molecular complexity index is 1390. The van der Waals surface area contributed by atoms with Gasteiger partial charge in [-0.15, -0.1) is 0 Å². The molecule has 0 radical (unpaired) electrons. The van der Waals surface area contributed by atoms with E-state index in [4.69, 9.17) is 4.74 Å². The average molecular weight is 446 g/mol. The zero-order valence-corrected chi connectivity index (χ0v) is 18.3. The molecule has 0 aliphatic heterocycles. The molecule has 4 aromatic rings. The smallest absolute Gasteiger partial charge is 0.280 e. The summed E-state index contributed by atoms with van der Waals surface area (Å²) in [6.07, 6.45) is 0. The zero-order chi connectivity index (χ0) is 23.5. The van der Waals surface area contributed by atoms with Gasteiger partial charge in [0.05, 0.1) is 35.3 Å². The monoisotopic (exact) mass is 446 g/mol. The second kappa shape index (κ2) is 9.25. The van der Waals surface area contributed by atoms with Gasteiger partial charge in [0.2, 0.25) is 0 Å². The summed E-state index contributed by atoms with van der Waals surface area (Å²) in [5, 5.41) is 0. The van der Waals surface area contributed by atoms with E-state index in [1.54, 1.807) is 48.5 Å². The molecule has 0 N–H and O–H groups in total. The molecule has 9 heteroatoms. The number of benzene rings is 2. The number of para-hydroxylation sites is 4. The van der Waals surface area contributed by atoms with Gasteiger partial charge in [-0.1, -0.05) is 24.3 Å². The van der Waals surface area contributed by atoms with Crippen LogP contribution in [-0.4, -0.2) is 43.9 Å². The largest absolute Gasteiger partial charge is 0.378 e. The summed E-state index contributed by atoms with van der Waals surface area (Å²) < 4.78 is 8.67. The molecule has 0 atom stereocenters. The highest BCUT2D eigenvalue weighted by Crippen LogP contribution is 2.12. The molecular formula is C24H22N4O5. The molecule has 168 valence electrons. The molecule has 0 saturated heterocycles. The summed E-state index contributed by atoms with van der Waals surface area (Å²) in [4.78, 5) is 57.5. The SMILES string of the molecule is CC(=O)c1nc2ccccc2n(CCOCCn2c(=O)c(C(C)=O)nc3ccccc32)c1=O. The fraction of sp³-hybridized carbons (Fsp3) is 0.250. The van der Waals surface area contributed by atoms with Crippen LogP contribution in [0.15, 0.2) is 58.1 Å². The van der Waals surface area contributed by atoms with Crippen molar-refractivity contribution in [1.82, 2.24) is 19.1 Å². The normalized spacial score (nSPS) is 11.2. The molecule has 0 aliphatic carbocycles. The van der Waals surface area contributed by atoms with Crippen LogP contribution in [0, 0.1) is 0 Å². The lowest BCUT2D eigenvalue weighted by molar-refractivity contribution is 0.0998. The Morgan fingerprint density at radius 1 is 0.727 bits per heavy atom. The van der Waals surface area contributed by atoms with E-state index in [9.17, 15) is 19.2 Å². The van der Waals surface area contributed by atoms with E-state index >= 15 is 0 Å². The minimum atomic E-state index is -0.466. The molecule has 0 spiro atoms. The van der Waals surface area contributed by atoms with Gasteiger partial charge in [0.15, 0.2) is 23.0 Å². The van der Waals surface area contributed by atoms with Crippen LogP contribution in [0.4, 0.5) is 0 Å². The lowest BCUT2D eigenvalue weighted by Gasteiger charge is -2.13. The van der Waals surface area contributed by atoms with E-state index in [1.807, 2.05) is 0 Å². The summed E-state index contributed by atoms with van der Waals surface area (Å²) in [6, 6.07) is 14.2. The van der Waals surface area contributed by atoms with Crippen molar-refractivity contribution in [2.24, 2.45) is 0 Å². The minimum Gasteiger partial charge on any atom is -0.378 e. The predicted octanol–water partition coefficient (Wildman–Crippen LogP) is 2.23. The van der Waals surface area contributed by atoms with Crippen LogP contribution in [0.5, 0.6) is 0 Å². The van der Waals surface area contributed by atoms with Crippen molar-refractivity contribution in [2.45, 2.75) is 26.9 Å². The molecule has 9 nitrogen and oxygen atoms in total. The molecule has 33 heavy (non-hydrogen) atoms. The second-order valence-electron chi connectivity index (χ2n) is 7.54. The molecule has 2 heterocycles. The zero-order valence-electron chi connectivity index (χ0n) is 18.3. The molecule has 0 bridgehead atoms. The van der Waals surface area contributed by atoms with Crippen molar-refractivity contribution in [3.63, 3.8) is 0 Å². The van der Waals surface area contributed by atoms with Crippen LogP contribution in [0.1, 0.15) is 34.8 Å². The van der Waals surface area contributed by atoms with Crippen molar-refractivity contribution in [1.29, 1.82) is 0 Å². The maximum Gasteiger partial charge on any atom is 0.280 e. The van der Waals surface area contributed by atoms with Gasteiger partial charge in [0.1, 0.15) is 0 Å². The summed E-state index contributed by atoms with van der Waals surface area (Å²) in [6.45, 7) is 3.42. The van der Waals surface area contributed by atoms with E-state index < -0.39 is 22.7 Å². The third-order valence-corrected chi connectivity index (χ3v) is 5.29. The van der Waals surface area contributed by atoms with Gasteiger partial charge in [0.25, 0.3) is 11.1 Å². The molecule has 0 aliphatic rings. The van der Waals surface area contributed by atoms with Gasteiger partial charge in [-0.25, -0.2) is 9.97 Å². The molecule has 4 rings (SSSR count). The number of rotatable bonds is 8. The van der Waals surface area contributed by atoms with Crippen LogP contribution < -0.4 is 11.1 Å². The maximum atomic E-state index is 12.7. The van der Waals surface area contributed by atoms with Crippen LogP contribution in [0.2, 0.25) is 0 Å². The highest BCUT2D eigenvalue weighted by molar-refractivity contribution is 5.94. The van der Waals surface area contributed by atoms with Crippen LogP contribution in [0.25, 0.3) is 22.1 Å². The van der Waals surface area contributed by atoms with Crippen molar-refractivity contribution in [3.05, 3.63) is 80.6 Å². The first-order valence-electron chi connectivity index (χ1n) is 10.5. The van der Waals surface area contributed by atoms with Gasteiger partial charge in [-0.3, -0.25) is 19.2 Å². The summed E-state index contributed by atoms with van der Waals surface area (Å²) in [5.74, 6) is -0.795. The second-order valence-corrected chi connectivity index (χ2v) is 7.54. The fourth-order valence-corrected chi connectivity index (χ4v) is 3.70. The predicted molar refractivity (Wildman–Crippen MR) is 123 cm³/mol. The summed E-state index contributed by atoms with van der Waals surface area (Å²) in [5.41, 5.74) is 1.17. The number of Topliss-reactive ketones (excluding diaryl/α,β-unsaturated/α-hetero) is 2. The van der Waals surface area contributed by atoms with Crippen molar-refractivity contribution < 1.29 is 14.3 Å². The lowest BCUT2D eigenvalue weighted by Crippen LogP contribution is -2.30. The number of fused-ring (bicyclic) bond motifs is 2. The minimum absolute atomic E-state index is 0.111.